The molecule has 0 amide bonds. The van der Waals surface area contributed by atoms with Crippen molar-refractivity contribution in [3.8, 4) is 0 Å². The van der Waals surface area contributed by atoms with Crippen molar-refractivity contribution < 1.29 is 0 Å². The van der Waals surface area contributed by atoms with Gasteiger partial charge in [-0.25, -0.2) is 0 Å². The zero-order chi connectivity index (χ0) is 8.27. The Hall–Kier alpha value is -0.0800. The van der Waals surface area contributed by atoms with Crippen molar-refractivity contribution in [1.82, 2.24) is 10.6 Å². The van der Waals surface area contributed by atoms with Crippen LogP contribution in [-0.2, 0) is 0 Å². The van der Waals surface area contributed by atoms with Crippen molar-refractivity contribution in [3.63, 3.8) is 0 Å². The van der Waals surface area contributed by atoms with E-state index in [1.54, 1.807) is 0 Å². The van der Waals surface area contributed by atoms with Gasteiger partial charge in [-0.05, 0) is 25.8 Å². The molecule has 0 radical (unpaired) electrons. The Morgan fingerprint density at radius 3 is 2.64 bits per heavy atom. The van der Waals surface area contributed by atoms with E-state index < -0.39 is 0 Å². The topological polar surface area (TPSA) is 24.1 Å². The lowest BCUT2D eigenvalue weighted by atomic mass is 10.1. The smallest absolute Gasteiger partial charge is 0.0215 e. The highest BCUT2D eigenvalue weighted by Gasteiger charge is 2.16. The van der Waals surface area contributed by atoms with E-state index in [1.807, 2.05) is 0 Å². The molecule has 1 heterocycles. The Kier molecular flexibility index (Phi) is 3.34. The van der Waals surface area contributed by atoms with Gasteiger partial charge in [0.1, 0.15) is 0 Å². The molecule has 0 saturated carbocycles. The van der Waals surface area contributed by atoms with Crippen LogP contribution in [0, 0.1) is 5.92 Å². The standard InChI is InChI=1S/C9H20N2/c1-7(2)9-6-11-8(3)4-5-10-9/h7-11H,4-6H2,1-3H3. The molecule has 1 saturated heterocycles. The summed E-state index contributed by atoms with van der Waals surface area (Å²) in [7, 11) is 0. The fourth-order valence-corrected chi connectivity index (χ4v) is 1.46. The van der Waals surface area contributed by atoms with Gasteiger partial charge in [0.2, 0.25) is 0 Å². The Morgan fingerprint density at radius 2 is 2.00 bits per heavy atom. The van der Waals surface area contributed by atoms with Crippen LogP contribution in [0.3, 0.4) is 0 Å². The van der Waals surface area contributed by atoms with E-state index in [0.29, 0.717) is 12.1 Å². The van der Waals surface area contributed by atoms with Crippen molar-refractivity contribution in [3.05, 3.63) is 0 Å². The van der Waals surface area contributed by atoms with Crippen LogP contribution in [0.2, 0.25) is 0 Å². The summed E-state index contributed by atoms with van der Waals surface area (Å²) in [5.41, 5.74) is 0. The minimum Gasteiger partial charge on any atom is -0.313 e. The Balaban J connectivity index is 2.34. The van der Waals surface area contributed by atoms with Gasteiger partial charge >= 0.3 is 0 Å². The van der Waals surface area contributed by atoms with Crippen molar-refractivity contribution in [1.29, 1.82) is 0 Å². The first kappa shape index (κ1) is 9.01. The maximum atomic E-state index is 3.55. The Morgan fingerprint density at radius 1 is 1.27 bits per heavy atom. The van der Waals surface area contributed by atoms with Crippen LogP contribution in [0.1, 0.15) is 27.2 Å². The predicted molar refractivity (Wildman–Crippen MR) is 48.7 cm³/mol. The van der Waals surface area contributed by atoms with Crippen molar-refractivity contribution in [2.24, 2.45) is 5.92 Å². The summed E-state index contributed by atoms with van der Waals surface area (Å²) >= 11 is 0. The fourth-order valence-electron chi connectivity index (χ4n) is 1.46. The second-order valence-corrected chi connectivity index (χ2v) is 3.90. The molecule has 0 aliphatic carbocycles. The molecule has 2 N–H and O–H groups in total. The SMILES string of the molecule is CC1CCNC(C(C)C)CN1. The summed E-state index contributed by atoms with van der Waals surface area (Å²) in [6.07, 6.45) is 1.25. The second-order valence-electron chi connectivity index (χ2n) is 3.90. The molecule has 2 unspecified atom stereocenters. The fraction of sp³-hybridized carbons (Fsp3) is 1.00. The summed E-state index contributed by atoms with van der Waals surface area (Å²) in [5.74, 6) is 0.743. The summed E-state index contributed by atoms with van der Waals surface area (Å²) in [6, 6.07) is 1.35. The molecule has 11 heavy (non-hydrogen) atoms. The molecular formula is C9H20N2. The first-order valence-electron chi connectivity index (χ1n) is 4.67. The maximum Gasteiger partial charge on any atom is 0.0215 e. The zero-order valence-corrected chi connectivity index (χ0v) is 7.85. The molecule has 2 heteroatoms. The third-order valence-corrected chi connectivity index (χ3v) is 2.47. The van der Waals surface area contributed by atoms with Crippen LogP contribution in [0.15, 0.2) is 0 Å². The lowest BCUT2D eigenvalue weighted by molar-refractivity contribution is 0.405. The summed E-state index contributed by atoms with van der Waals surface area (Å²) in [5, 5.41) is 7.06. The van der Waals surface area contributed by atoms with Crippen LogP contribution >= 0.6 is 0 Å². The average molecular weight is 156 g/mol. The van der Waals surface area contributed by atoms with Gasteiger partial charge in [0.15, 0.2) is 0 Å². The summed E-state index contributed by atoms with van der Waals surface area (Å²) in [6.45, 7) is 9.09. The van der Waals surface area contributed by atoms with E-state index >= 15 is 0 Å². The summed E-state index contributed by atoms with van der Waals surface area (Å²) in [4.78, 5) is 0. The van der Waals surface area contributed by atoms with E-state index in [-0.39, 0.29) is 0 Å². The van der Waals surface area contributed by atoms with E-state index in [1.165, 1.54) is 6.42 Å². The Labute approximate surface area is 69.8 Å². The molecule has 0 aromatic rings. The van der Waals surface area contributed by atoms with E-state index in [9.17, 15) is 0 Å². The molecule has 1 aliphatic rings. The van der Waals surface area contributed by atoms with Gasteiger partial charge in [-0.3, -0.25) is 0 Å². The van der Waals surface area contributed by atoms with Gasteiger partial charge in [-0.1, -0.05) is 13.8 Å². The lowest BCUT2D eigenvalue weighted by Crippen LogP contribution is -2.40. The molecule has 0 spiro atoms. The largest absolute Gasteiger partial charge is 0.313 e. The molecule has 66 valence electrons. The molecule has 0 bridgehead atoms. The highest BCUT2D eigenvalue weighted by Crippen LogP contribution is 2.04. The van der Waals surface area contributed by atoms with Crippen molar-refractivity contribution in [2.75, 3.05) is 13.1 Å². The maximum absolute atomic E-state index is 3.55. The number of hydrogen-bond donors (Lipinski definition) is 2. The quantitative estimate of drug-likeness (QED) is 0.591. The van der Waals surface area contributed by atoms with Gasteiger partial charge in [0.25, 0.3) is 0 Å². The minimum atomic E-state index is 0.667. The molecule has 1 aliphatic heterocycles. The van der Waals surface area contributed by atoms with Gasteiger partial charge in [-0.15, -0.1) is 0 Å². The van der Waals surface area contributed by atoms with Gasteiger partial charge in [-0.2, -0.15) is 0 Å². The molecular weight excluding hydrogens is 136 g/mol. The van der Waals surface area contributed by atoms with Crippen LogP contribution in [0.25, 0.3) is 0 Å². The van der Waals surface area contributed by atoms with Crippen LogP contribution in [0.5, 0.6) is 0 Å². The molecule has 2 atom stereocenters. The normalized spacial score (nSPS) is 33.8. The van der Waals surface area contributed by atoms with Crippen LogP contribution in [0.4, 0.5) is 0 Å². The highest BCUT2D eigenvalue weighted by molar-refractivity contribution is 4.79. The van der Waals surface area contributed by atoms with Crippen molar-refractivity contribution >= 4 is 0 Å². The highest BCUT2D eigenvalue weighted by atomic mass is 15.0. The van der Waals surface area contributed by atoms with E-state index in [2.05, 4.69) is 31.4 Å². The molecule has 2 nitrogen and oxygen atoms in total. The van der Waals surface area contributed by atoms with Crippen molar-refractivity contribution in [2.45, 2.75) is 39.3 Å². The predicted octanol–water partition coefficient (Wildman–Crippen LogP) is 0.982. The summed E-state index contributed by atoms with van der Waals surface area (Å²) < 4.78 is 0. The third-order valence-electron chi connectivity index (χ3n) is 2.47. The molecule has 0 aromatic carbocycles. The first-order valence-corrected chi connectivity index (χ1v) is 4.67. The van der Waals surface area contributed by atoms with E-state index in [0.717, 1.165) is 19.0 Å². The Bertz CT molecular complexity index is 112. The molecule has 1 rings (SSSR count). The minimum absolute atomic E-state index is 0.667. The van der Waals surface area contributed by atoms with Gasteiger partial charge in [0.05, 0.1) is 0 Å². The molecule has 0 aromatic heterocycles. The second kappa shape index (κ2) is 4.07. The molecule has 1 fully saturated rings. The van der Waals surface area contributed by atoms with Gasteiger partial charge < -0.3 is 10.6 Å². The number of hydrogen-bond acceptors (Lipinski definition) is 2. The first-order chi connectivity index (χ1) is 5.20. The van der Waals surface area contributed by atoms with Gasteiger partial charge in [0, 0.05) is 18.6 Å². The average Bonchev–Trinajstić information content (AvgIpc) is 2.13. The lowest BCUT2D eigenvalue weighted by Gasteiger charge is -2.19. The van der Waals surface area contributed by atoms with Crippen LogP contribution in [-0.4, -0.2) is 25.2 Å². The monoisotopic (exact) mass is 156 g/mol. The van der Waals surface area contributed by atoms with E-state index in [4.69, 9.17) is 0 Å². The van der Waals surface area contributed by atoms with Crippen LogP contribution < -0.4 is 10.6 Å². The number of rotatable bonds is 1. The zero-order valence-electron chi connectivity index (χ0n) is 7.85. The third kappa shape index (κ3) is 2.80. The number of nitrogens with one attached hydrogen (secondary N) is 2.